The van der Waals surface area contributed by atoms with Crippen LogP contribution in [0.4, 0.5) is 18.0 Å². The van der Waals surface area contributed by atoms with Gasteiger partial charge >= 0.3 is 18.1 Å². The molecule has 0 unspecified atom stereocenters. The van der Waals surface area contributed by atoms with Crippen LogP contribution in [0.25, 0.3) is 0 Å². The maximum Gasteiger partial charge on any atom is 0.471 e. The van der Waals surface area contributed by atoms with Crippen molar-refractivity contribution in [3.05, 3.63) is 0 Å². The number of imide groups is 1. The van der Waals surface area contributed by atoms with Crippen LogP contribution in [0.5, 0.6) is 0 Å². The van der Waals surface area contributed by atoms with Crippen LogP contribution in [-0.4, -0.2) is 35.4 Å². The fourth-order valence-electron chi connectivity index (χ4n) is 0.953. The van der Waals surface area contributed by atoms with E-state index >= 15 is 0 Å². The Morgan fingerprint density at radius 2 is 2.07 bits per heavy atom. The second kappa shape index (κ2) is 3.87. The van der Waals surface area contributed by atoms with Crippen molar-refractivity contribution in [2.24, 2.45) is 5.10 Å². The molecule has 1 N–H and O–H groups in total. The number of urea groups is 1. The van der Waals surface area contributed by atoms with Gasteiger partial charge in [0.25, 0.3) is 0 Å². The van der Waals surface area contributed by atoms with Gasteiger partial charge in [-0.1, -0.05) is 0 Å². The molecule has 0 aromatic carbocycles. The van der Waals surface area contributed by atoms with Crippen molar-refractivity contribution in [1.29, 1.82) is 0 Å². The van der Waals surface area contributed by atoms with E-state index in [-0.39, 0.29) is 6.54 Å². The summed E-state index contributed by atoms with van der Waals surface area (Å²) in [4.78, 5) is 21.4. The molecule has 0 atom stereocenters. The van der Waals surface area contributed by atoms with Gasteiger partial charge in [0.05, 0.1) is 6.54 Å². The highest BCUT2D eigenvalue weighted by Gasteiger charge is 2.40. The second-order valence-corrected chi connectivity index (χ2v) is 2.97. The van der Waals surface area contributed by atoms with Gasteiger partial charge in [-0.25, -0.2) is 9.80 Å². The highest BCUT2D eigenvalue weighted by molar-refractivity contribution is 5.98. The molecule has 0 saturated heterocycles. The zero-order valence-electron chi connectivity index (χ0n) is 7.76. The van der Waals surface area contributed by atoms with Crippen molar-refractivity contribution in [3.63, 3.8) is 0 Å². The maximum absolute atomic E-state index is 11.8. The summed E-state index contributed by atoms with van der Waals surface area (Å²) in [5, 5.41) is 5.63. The Kier molecular flexibility index (Phi) is 2.96. The molecule has 0 fully saturated rings. The fraction of sp³-hybridized carbons (Fsp3) is 0.571. The number of rotatable bonds is 0. The standard InChI is InChI=1S/C7H8F3N3O2/c1-4-2-3-13(12-4)6(15)11-5(14)7(8,9)10/h2-3H2,1H3,(H,11,14,15). The third kappa shape index (κ3) is 2.93. The lowest BCUT2D eigenvalue weighted by molar-refractivity contribution is -0.172. The van der Waals surface area contributed by atoms with Gasteiger partial charge in [-0.3, -0.25) is 10.1 Å². The predicted octanol–water partition coefficient (Wildman–Crippen LogP) is 0.866. The first-order chi connectivity index (χ1) is 6.80. The Morgan fingerprint density at radius 3 is 2.47 bits per heavy atom. The largest absolute Gasteiger partial charge is 0.471 e. The zero-order valence-corrected chi connectivity index (χ0v) is 7.76. The van der Waals surface area contributed by atoms with E-state index in [9.17, 15) is 22.8 Å². The minimum atomic E-state index is -5.06. The van der Waals surface area contributed by atoms with Crippen LogP contribution < -0.4 is 5.32 Å². The van der Waals surface area contributed by atoms with E-state index in [1.807, 2.05) is 0 Å². The van der Waals surface area contributed by atoms with Gasteiger partial charge in [-0.15, -0.1) is 0 Å². The molecule has 8 heteroatoms. The predicted molar refractivity (Wildman–Crippen MR) is 44.0 cm³/mol. The van der Waals surface area contributed by atoms with Crippen LogP contribution in [0.15, 0.2) is 5.10 Å². The molecule has 1 aliphatic heterocycles. The van der Waals surface area contributed by atoms with Crippen molar-refractivity contribution in [3.8, 4) is 0 Å². The maximum atomic E-state index is 11.8. The van der Waals surface area contributed by atoms with E-state index in [0.717, 1.165) is 5.01 Å². The van der Waals surface area contributed by atoms with Crippen molar-refractivity contribution >= 4 is 17.6 Å². The van der Waals surface area contributed by atoms with Crippen molar-refractivity contribution in [1.82, 2.24) is 10.3 Å². The first-order valence-corrected chi connectivity index (χ1v) is 4.04. The SMILES string of the molecule is CC1=NN(C(=O)NC(=O)C(F)(F)F)CC1. The third-order valence-corrected chi connectivity index (χ3v) is 1.69. The lowest BCUT2D eigenvalue weighted by Gasteiger charge is -2.12. The summed E-state index contributed by atoms with van der Waals surface area (Å²) in [5.41, 5.74) is 0.629. The summed E-state index contributed by atoms with van der Waals surface area (Å²) in [7, 11) is 0. The van der Waals surface area contributed by atoms with Gasteiger partial charge in [-0.05, 0) is 6.92 Å². The number of nitrogens with one attached hydrogen (secondary N) is 1. The van der Waals surface area contributed by atoms with Gasteiger partial charge in [-0.2, -0.15) is 18.3 Å². The molecule has 0 saturated carbocycles. The molecule has 84 valence electrons. The Hall–Kier alpha value is -1.60. The Bertz CT molecular complexity index is 324. The number of nitrogens with zero attached hydrogens (tertiary/aromatic N) is 2. The van der Waals surface area contributed by atoms with E-state index in [2.05, 4.69) is 5.10 Å². The molecular formula is C7H8F3N3O2. The van der Waals surface area contributed by atoms with Crippen LogP contribution in [0.3, 0.4) is 0 Å². The average molecular weight is 223 g/mol. The molecule has 0 aromatic rings. The number of halogens is 3. The molecule has 0 aliphatic carbocycles. The summed E-state index contributed by atoms with van der Waals surface area (Å²) in [6.07, 6.45) is -4.57. The van der Waals surface area contributed by atoms with Crippen LogP contribution in [0.1, 0.15) is 13.3 Å². The molecule has 1 rings (SSSR count). The van der Waals surface area contributed by atoms with E-state index in [1.54, 1.807) is 6.92 Å². The number of carbonyl (C=O) groups excluding carboxylic acids is 2. The second-order valence-electron chi connectivity index (χ2n) is 2.97. The quantitative estimate of drug-likeness (QED) is 0.662. The fourth-order valence-corrected chi connectivity index (χ4v) is 0.953. The molecule has 1 aliphatic rings. The molecule has 15 heavy (non-hydrogen) atoms. The van der Waals surface area contributed by atoms with E-state index < -0.39 is 18.1 Å². The van der Waals surface area contributed by atoms with Crippen LogP contribution >= 0.6 is 0 Å². The molecule has 0 spiro atoms. The van der Waals surface area contributed by atoms with Gasteiger partial charge in [0, 0.05) is 12.1 Å². The number of amides is 3. The Balaban J connectivity index is 2.54. The minimum Gasteiger partial charge on any atom is -0.269 e. The molecule has 1 heterocycles. The van der Waals surface area contributed by atoms with Crippen LogP contribution in [0.2, 0.25) is 0 Å². The van der Waals surface area contributed by atoms with Crippen molar-refractivity contribution in [2.75, 3.05) is 6.54 Å². The van der Waals surface area contributed by atoms with E-state index in [4.69, 9.17) is 0 Å². The zero-order chi connectivity index (χ0) is 11.6. The lowest BCUT2D eigenvalue weighted by Crippen LogP contribution is -2.45. The van der Waals surface area contributed by atoms with Crippen molar-refractivity contribution in [2.45, 2.75) is 19.5 Å². The van der Waals surface area contributed by atoms with Gasteiger partial charge in [0.1, 0.15) is 0 Å². The summed E-state index contributed by atoms with van der Waals surface area (Å²) in [6, 6.07) is -1.16. The third-order valence-electron chi connectivity index (χ3n) is 1.69. The number of alkyl halides is 3. The molecule has 0 aromatic heterocycles. The van der Waals surface area contributed by atoms with E-state index in [1.165, 1.54) is 5.32 Å². The van der Waals surface area contributed by atoms with Gasteiger partial charge < -0.3 is 0 Å². The van der Waals surface area contributed by atoms with Crippen LogP contribution in [0, 0.1) is 0 Å². The number of hydrazone groups is 1. The first kappa shape index (κ1) is 11.5. The smallest absolute Gasteiger partial charge is 0.269 e. The summed E-state index contributed by atoms with van der Waals surface area (Å²) in [6.45, 7) is 1.82. The summed E-state index contributed by atoms with van der Waals surface area (Å²) >= 11 is 0. The number of carbonyl (C=O) groups is 2. The minimum absolute atomic E-state index is 0.183. The molecular weight excluding hydrogens is 215 g/mol. The molecule has 3 amide bonds. The highest BCUT2D eigenvalue weighted by Crippen LogP contribution is 2.14. The summed E-state index contributed by atoms with van der Waals surface area (Å²) in [5.74, 6) is -2.28. The number of hydrogen-bond donors (Lipinski definition) is 1. The monoisotopic (exact) mass is 223 g/mol. The topological polar surface area (TPSA) is 61.8 Å². The number of hydrogen-bond acceptors (Lipinski definition) is 3. The summed E-state index contributed by atoms with van der Waals surface area (Å²) < 4.78 is 35.3. The average Bonchev–Trinajstić information content (AvgIpc) is 2.50. The van der Waals surface area contributed by atoms with Gasteiger partial charge in [0.2, 0.25) is 0 Å². The first-order valence-electron chi connectivity index (χ1n) is 4.04. The highest BCUT2D eigenvalue weighted by atomic mass is 19.4. The molecule has 0 radical (unpaired) electrons. The normalized spacial score (nSPS) is 16.3. The van der Waals surface area contributed by atoms with Crippen LogP contribution in [-0.2, 0) is 4.79 Å². The Morgan fingerprint density at radius 1 is 1.47 bits per heavy atom. The van der Waals surface area contributed by atoms with E-state index in [0.29, 0.717) is 12.1 Å². The van der Waals surface area contributed by atoms with Crippen molar-refractivity contribution < 1.29 is 22.8 Å². The van der Waals surface area contributed by atoms with Gasteiger partial charge in [0.15, 0.2) is 0 Å². The lowest BCUT2D eigenvalue weighted by atomic mass is 10.3. The molecule has 0 bridgehead atoms. The Labute approximate surface area is 82.9 Å². The molecule has 5 nitrogen and oxygen atoms in total.